The predicted molar refractivity (Wildman–Crippen MR) is 101 cm³/mol. The Hall–Kier alpha value is -3.56. The minimum atomic E-state index is -2.92. The molecule has 2 aromatic heterocycles. The van der Waals surface area contributed by atoms with Gasteiger partial charge in [-0.15, -0.1) is 0 Å². The molecule has 3 heterocycles. The van der Waals surface area contributed by atoms with Gasteiger partial charge in [-0.25, -0.2) is 32.5 Å². The highest BCUT2D eigenvalue weighted by Crippen LogP contribution is 2.39. The van der Waals surface area contributed by atoms with E-state index in [4.69, 9.17) is 0 Å². The fourth-order valence-corrected chi connectivity index (χ4v) is 3.26. The van der Waals surface area contributed by atoms with Gasteiger partial charge in [0, 0.05) is 42.7 Å². The lowest BCUT2D eigenvalue weighted by Gasteiger charge is -2.23. The van der Waals surface area contributed by atoms with Gasteiger partial charge in [0.15, 0.2) is 5.82 Å². The van der Waals surface area contributed by atoms with Gasteiger partial charge in [-0.1, -0.05) is 0 Å². The number of hydrogen-bond acceptors (Lipinski definition) is 5. The van der Waals surface area contributed by atoms with Crippen LogP contribution in [0, 0.1) is 11.6 Å². The summed E-state index contributed by atoms with van der Waals surface area (Å²) in [6.45, 7) is -0.612. The van der Waals surface area contributed by atoms with Crippen molar-refractivity contribution in [2.75, 3.05) is 23.3 Å². The van der Waals surface area contributed by atoms with Crippen LogP contribution in [0.15, 0.2) is 49.2 Å². The summed E-state index contributed by atoms with van der Waals surface area (Å²) in [6, 6.07) is 4.26. The standard InChI is InChI=1S/C20H15F4N5O/c21-13-1-2-16(22)15(7-13)14-3-5-27-18(29-6-4-20(23,24)10-29)17(14)28-19(30)12-8-25-11-26-9-12/h1-3,5,7-9,11H,4,6,10H2,(H,28,30). The van der Waals surface area contributed by atoms with Gasteiger partial charge in [0.25, 0.3) is 11.8 Å². The Morgan fingerprint density at radius 1 is 1.10 bits per heavy atom. The topological polar surface area (TPSA) is 71.0 Å². The first-order valence-electron chi connectivity index (χ1n) is 8.98. The number of carbonyl (C=O) groups excluding carboxylic acids is 1. The van der Waals surface area contributed by atoms with E-state index in [1.807, 2.05) is 0 Å². The molecule has 0 aliphatic carbocycles. The van der Waals surface area contributed by atoms with Crippen LogP contribution in [0.2, 0.25) is 0 Å². The summed E-state index contributed by atoms with van der Waals surface area (Å²) in [5.41, 5.74) is 0.0694. The SMILES string of the molecule is O=C(Nc1c(-c2cc(F)ccc2F)ccnc1N1CCC(F)(F)C1)c1cncnc1. The summed E-state index contributed by atoms with van der Waals surface area (Å²) in [4.78, 5) is 25.7. The molecule has 4 rings (SSSR count). The molecule has 1 aromatic carbocycles. The number of alkyl halides is 2. The number of nitrogens with zero attached hydrogens (tertiary/aromatic N) is 4. The summed E-state index contributed by atoms with van der Waals surface area (Å²) in [6.07, 6.45) is 4.70. The number of carbonyl (C=O) groups is 1. The third-order valence-electron chi connectivity index (χ3n) is 4.68. The van der Waals surface area contributed by atoms with Gasteiger partial charge in [0.1, 0.15) is 18.0 Å². The lowest BCUT2D eigenvalue weighted by molar-refractivity contribution is 0.0257. The number of anilines is 2. The maximum Gasteiger partial charge on any atom is 0.266 e. The van der Waals surface area contributed by atoms with E-state index in [0.717, 1.165) is 18.2 Å². The second kappa shape index (κ2) is 7.69. The maximum atomic E-state index is 14.5. The van der Waals surface area contributed by atoms with E-state index in [1.54, 1.807) is 0 Å². The number of halogens is 4. The van der Waals surface area contributed by atoms with Gasteiger partial charge >= 0.3 is 0 Å². The van der Waals surface area contributed by atoms with Gasteiger partial charge in [-0.3, -0.25) is 4.79 Å². The zero-order valence-electron chi connectivity index (χ0n) is 15.4. The first kappa shape index (κ1) is 19.7. The van der Waals surface area contributed by atoms with Crippen molar-refractivity contribution >= 4 is 17.4 Å². The molecule has 1 aliphatic heterocycles. The Kier molecular flexibility index (Phi) is 5.06. The van der Waals surface area contributed by atoms with Gasteiger partial charge in [-0.05, 0) is 24.3 Å². The van der Waals surface area contributed by atoms with Crippen molar-refractivity contribution in [1.29, 1.82) is 0 Å². The van der Waals surface area contributed by atoms with Crippen molar-refractivity contribution in [3.8, 4) is 11.1 Å². The van der Waals surface area contributed by atoms with Gasteiger partial charge in [0.05, 0.1) is 17.8 Å². The van der Waals surface area contributed by atoms with E-state index in [9.17, 15) is 22.4 Å². The second-order valence-corrected chi connectivity index (χ2v) is 6.79. The highest BCUT2D eigenvalue weighted by atomic mass is 19.3. The molecule has 1 N–H and O–H groups in total. The molecule has 10 heteroatoms. The Morgan fingerprint density at radius 2 is 1.87 bits per heavy atom. The lowest BCUT2D eigenvalue weighted by atomic mass is 10.0. The van der Waals surface area contributed by atoms with Crippen molar-refractivity contribution in [2.24, 2.45) is 0 Å². The van der Waals surface area contributed by atoms with Crippen LogP contribution in [0.3, 0.4) is 0 Å². The van der Waals surface area contributed by atoms with Crippen LogP contribution in [0.4, 0.5) is 29.1 Å². The smallest absolute Gasteiger partial charge is 0.266 e. The fourth-order valence-electron chi connectivity index (χ4n) is 3.26. The average molecular weight is 417 g/mol. The van der Waals surface area contributed by atoms with Crippen molar-refractivity contribution < 1.29 is 22.4 Å². The molecule has 154 valence electrons. The monoisotopic (exact) mass is 417 g/mol. The zero-order chi connectivity index (χ0) is 21.3. The third-order valence-corrected chi connectivity index (χ3v) is 4.68. The van der Waals surface area contributed by atoms with E-state index in [2.05, 4.69) is 20.3 Å². The second-order valence-electron chi connectivity index (χ2n) is 6.79. The Labute approximate surface area is 168 Å². The molecule has 0 unspecified atom stereocenters. The molecule has 0 spiro atoms. The van der Waals surface area contributed by atoms with Crippen LogP contribution in [0.25, 0.3) is 11.1 Å². The number of benzene rings is 1. The Bertz CT molecular complexity index is 1090. The van der Waals surface area contributed by atoms with Crippen molar-refractivity contribution in [2.45, 2.75) is 12.3 Å². The number of pyridine rings is 1. The van der Waals surface area contributed by atoms with Gasteiger partial charge in [-0.2, -0.15) is 0 Å². The molecule has 6 nitrogen and oxygen atoms in total. The highest BCUT2D eigenvalue weighted by Gasteiger charge is 2.40. The Balaban J connectivity index is 1.83. The van der Waals surface area contributed by atoms with Crippen LogP contribution >= 0.6 is 0 Å². The van der Waals surface area contributed by atoms with Crippen molar-refractivity contribution in [1.82, 2.24) is 15.0 Å². The first-order valence-corrected chi connectivity index (χ1v) is 8.98. The van der Waals surface area contributed by atoms with E-state index < -0.39 is 30.0 Å². The quantitative estimate of drug-likeness (QED) is 0.652. The molecule has 1 amide bonds. The Morgan fingerprint density at radius 3 is 2.57 bits per heavy atom. The first-order chi connectivity index (χ1) is 14.3. The van der Waals surface area contributed by atoms with Crippen LogP contribution in [0.1, 0.15) is 16.8 Å². The number of amides is 1. The maximum absolute atomic E-state index is 14.5. The molecular formula is C20H15F4N5O. The highest BCUT2D eigenvalue weighted by molar-refractivity contribution is 6.08. The molecule has 30 heavy (non-hydrogen) atoms. The minimum Gasteiger partial charge on any atom is -0.349 e. The number of aromatic nitrogens is 3. The van der Waals surface area contributed by atoms with E-state index in [0.29, 0.717) is 0 Å². The fraction of sp³-hybridized carbons (Fsp3) is 0.200. The van der Waals surface area contributed by atoms with Crippen LogP contribution in [-0.4, -0.2) is 39.9 Å². The van der Waals surface area contributed by atoms with Crippen LogP contribution in [-0.2, 0) is 0 Å². The normalized spacial score (nSPS) is 15.3. The molecule has 0 bridgehead atoms. The summed E-state index contributed by atoms with van der Waals surface area (Å²) in [7, 11) is 0. The molecule has 3 aromatic rings. The molecule has 0 radical (unpaired) electrons. The number of rotatable bonds is 4. The molecule has 0 atom stereocenters. The molecule has 0 saturated carbocycles. The molecule has 1 aliphatic rings. The van der Waals surface area contributed by atoms with Crippen LogP contribution < -0.4 is 10.2 Å². The lowest BCUT2D eigenvalue weighted by Crippen LogP contribution is -2.27. The predicted octanol–water partition coefficient (Wildman–Crippen LogP) is 3.91. The largest absolute Gasteiger partial charge is 0.349 e. The van der Waals surface area contributed by atoms with E-state index >= 15 is 0 Å². The van der Waals surface area contributed by atoms with Crippen molar-refractivity contribution in [3.63, 3.8) is 0 Å². The molecule has 1 saturated heterocycles. The summed E-state index contributed by atoms with van der Waals surface area (Å²) in [5.74, 6) is -4.95. The number of hydrogen-bond donors (Lipinski definition) is 1. The van der Waals surface area contributed by atoms with E-state index in [1.165, 1.54) is 35.9 Å². The average Bonchev–Trinajstić information content (AvgIpc) is 3.10. The zero-order valence-corrected chi connectivity index (χ0v) is 15.4. The van der Waals surface area contributed by atoms with Crippen molar-refractivity contribution in [3.05, 3.63) is 66.4 Å². The number of nitrogens with one attached hydrogen (secondary N) is 1. The third kappa shape index (κ3) is 3.93. The molecule has 1 fully saturated rings. The minimum absolute atomic E-state index is 0.00597. The van der Waals surface area contributed by atoms with Crippen LogP contribution in [0.5, 0.6) is 0 Å². The summed E-state index contributed by atoms with van der Waals surface area (Å²) >= 11 is 0. The van der Waals surface area contributed by atoms with Gasteiger partial charge < -0.3 is 10.2 Å². The van der Waals surface area contributed by atoms with Gasteiger partial charge in [0.2, 0.25) is 0 Å². The summed E-state index contributed by atoms with van der Waals surface area (Å²) < 4.78 is 55.9. The molecular weight excluding hydrogens is 402 g/mol. The summed E-state index contributed by atoms with van der Waals surface area (Å²) in [5, 5.41) is 2.59. The van der Waals surface area contributed by atoms with E-state index in [-0.39, 0.29) is 41.2 Å².